The van der Waals surface area contributed by atoms with E-state index in [1.54, 1.807) is 7.11 Å². The first-order valence-corrected chi connectivity index (χ1v) is 7.27. The van der Waals surface area contributed by atoms with Gasteiger partial charge in [0.25, 0.3) is 0 Å². The van der Waals surface area contributed by atoms with E-state index in [0.717, 1.165) is 24.4 Å². The van der Waals surface area contributed by atoms with Gasteiger partial charge in [0.1, 0.15) is 11.9 Å². The molecule has 2 saturated heterocycles. The standard InChI is InChI=1S/C16H21NO3/c1-19-14-6-2-4-12(8-14)9-15(18)16-10-17-7-3-5-13(17)11-20-16/h2,4,6,8,13,16H,3,5,7,9-11H2,1H3. The molecule has 0 N–H and O–H groups in total. The van der Waals surface area contributed by atoms with Crippen LogP contribution in [0.15, 0.2) is 24.3 Å². The van der Waals surface area contributed by atoms with Gasteiger partial charge in [-0.1, -0.05) is 12.1 Å². The molecule has 0 aromatic heterocycles. The van der Waals surface area contributed by atoms with Crippen molar-refractivity contribution in [3.05, 3.63) is 29.8 Å². The molecule has 0 saturated carbocycles. The lowest BCUT2D eigenvalue weighted by Crippen LogP contribution is -2.49. The van der Waals surface area contributed by atoms with Gasteiger partial charge in [0.2, 0.25) is 0 Å². The molecule has 2 fully saturated rings. The quantitative estimate of drug-likeness (QED) is 0.838. The second kappa shape index (κ2) is 5.94. The number of nitrogens with zero attached hydrogens (tertiary/aromatic N) is 1. The van der Waals surface area contributed by atoms with Crippen molar-refractivity contribution in [1.29, 1.82) is 0 Å². The third kappa shape index (κ3) is 2.86. The van der Waals surface area contributed by atoms with Gasteiger partial charge in [-0.15, -0.1) is 0 Å². The SMILES string of the molecule is COc1cccc(CC(=O)C2CN3CCCC3CO2)c1. The van der Waals surface area contributed by atoms with Crippen LogP contribution in [-0.4, -0.2) is 49.6 Å². The fraction of sp³-hybridized carbons (Fsp3) is 0.562. The maximum absolute atomic E-state index is 12.4. The Labute approximate surface area is 119 Å². The van der Waals surface area contributed by atoms with E-state index < -0.39 is 0 Å². The summed E-state index contributed by atoms with van der Waals surface area (Å²) in [5, 5.41) is 0. The van der Waals surface area contributed by atoms with Gasteiger partial charge >= 0.3 is 0 Å². The highest BCUT2D eigenvalue weighted by atomic mass is 16.5. The van der Waals surface area contributed by atoms with Crippen LogP contribution >= 0.6 is 0 Å². The van der Waals surface area contributed by atoms with E-state index in [0.29, 0.717) is 19.1 Å². The van der Waals surface area contributed by atoms with Crippen molar-refractivity contribution in [2.45, 2.75) is 31.4 Å². The summed E-state index contributed by atoms with van der Waals surface area (Å²) in [5.41, 5.74) is 0.987. The molecule has 2 unspecified atom stereocenters. The molecule has 2 aliphatic heterocycles. The summed E-state index contributed by atoms with van der Waals surface area (Å²) in [7, 11) is 1.64. The average molecular weight is 275 g/mol. The average Bonchev–Trinajstić information content (AvgIpc) is 2.94. The maximum atomic E-state index is 12.4. The van der Waals surface area contributed by atoms with Crippen molar-refractivity contribution in [2.24, 2.45) is 0 Å². The summed E-state index contributed by atoms with van der Waals surface area (Å²) in [6, 6.07) is 8.22. The first kappa shape index (κ1) is 13.6. The van der Waals surface area contributed by atoms with Crippen LogP contribution < -0.4 is 4.74 Å². The van der Waals surface area contributed by atoms with Crippen LogP contribution in [0.4, 0.5) is 0 Å². The lowest BCUT2D eigenvalue weighted by molar-refractivity contribution is -0.137. The summed E-state index contributed by atoms with van der Waals surface area (Å²) in [4.78, 5) is 14.8. The number of carbonyl (C=O) groups excluding carboxylic acids is 1. The Balaban J connectivity index is 1.61. The summed E-state index contributed by atoms with van der Waals surface area (Å²) >= 11 is 0. The monoisotopic (exact) mass is 275 g/mol. The minimum absolute atomic E-state index is 0.170. The Morgan fingerprint density at radius 2 is 2.40 bits per heavy atom. The normalized spacial score (nSPS) is 26.2. The summed E-state index contributed by atoms with van der Waals surface area (Å²) in [6.45, 7) is 2.57. The highest BCUT2D eigenvalue weighted by Crippen LogP contribution is 2.23. The van der Waals surface area contributed by atoms with Crippen molar-refractivity contribution in [3.8, 4) is 5.75 Å². The topological polar surface area (TPSA) is 38.8 Å². The molecule has 1 aromatic rings. The van der Waals surface area contributed by atoms with Crippen LogP contribution in [0.1, 0.15) is 18.4 Å². The zero-order chi connectivity index (χ0) is 13.9. The van der Waals surface area contributed by atoms with Gasteiger partial charge < -0.3 is 9.47 Å². The molecule has 0 aliphatic carbocycles. The van der Waals surface area contributed by atoms with E-state index in [-0.39, 0.29) is 11.9 Å². The maximum Gasteiger partial charge on any atom is 0.167 e. The number of ether oxygens (including phenoxy) is 2. The number of hydrogen-bond acceptors (Lipinski definition) is 4. The number of hydrogen-bond donors (Lipinski definition) is 0. The second-order valence-corrected chi connectivity index (χ2v) is 5.61. The van der Waals surface area contributed by atoms with Gasteiger partial charge in [-0.3, -0.25) is 9.69 Å². The largest absolute Gasteiger partial charge is 0.497 e. The molecule has 20 heavy (non-hydrogen) atoms. The van der Waals surface area contributed by atoms with E-state index in [9.17, 15) is 4.79 Å². The van der Waals surface area contributed by atoms with Crippen molar-refractivity contribution in [1.82, 2.24) is 4.90 Å². The number of rotatable bonds is 4. The van der Waals surface area contributed by atoms with Crippen molar-refractivity contribution in [2.75, 3.05) is 26.8 Å². The van der Waals surface area contributed by atoms with Gasteiger partial charge in [-0.25, -0.2) is 0 Å². The van der Waals surface area contributed by atoms with E-state index in [2.05, 4.69) is 4.90 Å². The van der Waals surface area contributed by atoms with Crippen LogP contribution in [0.2, 0.25) is 0 Å². The number of fused-ring (bicyclic) bond motifs is 1. The minimum atomic E-state index is -0.268. The molecule has 1 aromatic carbocycles. The predicted octanol–water partition coefficient (Wildman–Crippen LogP) is 1.67. The van der Waals surface area contributed by atoms with Gasteiger partial charge in [0, 0.05) is 19.0 Å². The second-order valence-electron chi connectivity index (χ2n) is 5.61. The predicted molar refractivity (Wildman–Crippen MR) is 76.0 cm³/mol. The van der Waals surface area contributed by atoms with Crippen LogP contribution in [0.3, 0.4) is 0 Å². The zero-order valence-corrected chi connectivity index (χ0v) is 11.9. The van der Waals surface area contributed by atoms with E-state index in [4.69, 9.17) is 9.47 Å². The lowest BCUT2D eigenvalue weighted by Gasteiger charge is -2.34. The summed E-state index contributed by atoms with van der Waals surface area (Å²) in [6.07, 6.45) is 2.58. The van der Waals surface area contributed by atoms with Crippen molar-refractivity contribution in [3.63, 3.8) is 0 Å². The van der Waals surface area contributed by atoms with Crippen molar-refractivity contribution < 1.29 is 14.3 Å². The summed E-state index contributed by atoms with van der Waals surface area (Å²) < 4.78 is 10.9. The smallest absolute Gasteiger partial charge is 0.167 e. The molecular weight excluding hydrogens is 254 g/mol. The Morgan fingerprint density at radius 3 is 3.25 bits per heavy atom. The van der Waals surface area contributed by atoms with Crippen LogP contribution in [-0.2, 0) is 16.0 Å². The first-order valence-electron chi connectivity index (χ1n) is 7.27. The fourth-order valence-corrected chi connectivity index (χ4v) is 3.11. The van der Waals surface area contributed by atoms with Crippen molar-refractivity contribution >= 4 is 5.78 Å². The summed E-state index contributed by atoms with van der Waals surface area (Å²) in [5.74, 6) is 0.961. The zero-order valence-electron chi connectivity index (χ0n) is 11.9. The molecule has 0 bridgehead atoms. The molecule has 0 amide bonds. The molecular formula is C16H21NO3. The molecule has 2 aliphatic rings. The molecule has 108 valence electrons. The third-order valence-corrected chi connectivity index (χ3v) is 4.26. The Bertz CT molecular complexity index is 488. The van der Waals surface area contributed by atoms with Gasteiger partial charge in [-0.2, -0.15) is 0 Å². The molecule has 2 heterocycles. The molecule has 3 rings (SSSR count). The number of morpholine rings is 1. The first-order chi connectivity index (χ1) is 9.76. The number of Topliss-reactive ketones (excluding diaryl/α,β-unsaturated/α-hetero) is 1. The molecule has 2 atom stereocenters. The Morgan fingerprint density at radius 1 is 1.50 bits per heavy atom. The van der Waals surface area contributed by atoms with E-state index in [1.165, 1.54) is 12.8 Å². The van der Waals surface area contributed by atoms with Gasteiger partial charge in [0.15, 0.2) is 5.78 Å². The molecule has 4 heteroatoms. The number of carbonyl (C=O) groups is 1. The van der Waals surface area contributed by atoms with Crippen LogP contribution in [0, 0.1) is 0 Å². The highest BCUT2D eigenvalue weighted by Gasteiger charge is 2.34. The Kier molecular flexibility index (Phi) is 4.03. The minimum Gasteiger partial charge on any atom is -0.497 e. The molecule has 4 nitrogen and oxygen atoms in total. The molecule has 0 radical (unpaired) electrons. The Hall–Kier alpha value is -1.39. The number of benzene rings is 1. The molecule has 0 spiro atoms. The lowest BCUT2D eigenvalue weighted by atomic mass is 10.0. The van der Waals surface area contributed by atoms with Crippen LogP contribution in [0.25, 0.3) is 0 Å². The van der Waals surface area contributed by atoms with E-state index in [1.807, 2.05) is 24.3 Å². The van der Waals surface area contributed by atoms with E-state index >= 15 is 0 Å². The van der Waals surface area contributed by atoms with Gasteiger partial charge in [-0.05, 0) is 37.1 Å². The fourth-order valence-electron chi connectivity index (χ4n) is 3.11. The highest BCUT2D eigenvalue weighted by molar-refractivity contribution is 5.85. The number of methoxy groups -OCH3 is 1. The number of ketones is 1. The van der Waals surface area contributed by atoms with Crippen LogP contribution in [0.5, 0.6) is 5.75 Å². The van der Waals surface area contributed by atoms with Gasteiger partial charge in [0.05, 0.1) is 13.7 Å². The third-order valence-electron chi connectivity index (χ3n) is 4.26.